The van der Waals surface area contributed by atoms with Gasteiger partial charge in [0.25, 0.3) is 5.91 Å². The number of amides is 1. The molecule has 1 amide bonds. The molecule has 2 unspecified atom stereocenters. The van der Waals surface area contributed by atoms with Crippen LogP contribution in [-0.4, -0.2) is 44.0 Å². The summed E-state index contributed by atoms with van der Waals surface area (Å²) in [4.78, 5) is 28.8. The number of nitrogens with zero attached hydrogens (tertiary/aromatic N) is 2. The summed E-state index contributed by atoms with van der Waals surface area (Å²) >= 11 is 1.44. The number of hydrogen-bond acceptors (Lipinski definition) is 4. The maximum atomic E-state index is 12.9. The van der Waals surface area contributed by atoms with Gasteiger partial charge in [-0.25, -0.2) is 14.2 Å². The van der Waals surface area contributed by atoms with Gasteiger partial charge in [0.1, 0.15) is 17.6 Å². The molecular weight excluding hydrogens is 283 g/mol. The molecule has 0 aromatic carbocycles. The Morgan fingerprint density at radius 1 is 1.50 bits per heavy atom. The molecule has 0 radical (unpaired) electrons. The quantitative estimate of drug-likeness (QED) is 0.922. The van der Waals surface area contributed by atoms with Crippen LogP contribution in [0.3, 0.4) is 0 Å². The largest absolute Gasteiger partial charge is 0.480 e. The van der Waals surface area contributed by atoms with E-state index in [1.54, 1.807) is 0 Å². The molecule has 5 nitrogen and oxygen atoms in total. The van der Waals surface area contributed by atoms with Crippen LogP contribution in [0, 0.1) is 11.7 Å². The van der Waals surface area contributed by atoms with Crippen molar-refractivity contribution in [1.82, 2.24) is 9.88 Å². The number of carbonyl (C=O) groups excluding carboxylic acids is 1. The first-order valence-corrected chi connectivity index (χ1v) is 7.25. The molecule has 108 valence electrons. The first kappa shape index (κ1) is 14.8. The summed E-state index contributed by atoms with van der Waals surface area (Å²) in [6.07, 6.45) is 0.955. The molecule has 1 aromatic rings. The SMILES string of the molecule is CC(C)C1SCC(C(=O)O)N1C(=O)c1ccc(F)cn1. The van der Waals surface area contributed by atoms with E-state index >= 15 is 0 Å². The van der Waals surface area contributed by atoms with Crippen LogP contribution in [0.1, 0.15) is 24.3 Å². The van der Waals surface area contributed by atoms with Crippen molar-refractivity contribution in [1.29, 1.82) is 0 Å². The number of thioether (sulfide) groups is 1. The second kappa shape index (κ2) is 5.78. The van der Waals surface area contributed by atoms with Crippen molar-refractivity contribution in [2.75, 3.05) is 5.75 Å². The Kier molecular flexibility index (Phi) is 4.27. The molecule has 2 heterocycles. The Labute approximate surface area is 120 Å². The van der Waals surface area contributed by atoms with Crippen molar-refractivity contribution in [2.45, 2.75) is 25.3 Å². The molecule has 0 saturated carbocycles. The zero-order valence-electron chi connectivity index (χ0n) is 11.1. The summed E-state index contributed by atoms with van der Waals surface area (Å²) < 4.78 is 12.9. The molecule has 2 atom stereocenters. The molecule has 0 aliphatic carbocycles. The van der Waals surface area contributed by atoms with Crippen molar-refractivity contribution in [3.05, 3.63) is 29.8 Å². The standard InChI is InChI=1S/C13H15FN2O3S/c1-7(2)12-16(10(6-20-12)13(18)19)11(17)9-4-3-8(14)5-15-9/h3-5,7,10,12H,6H2,1-2H3,(H,18,19). The molecule has 1 N–H and O–H groups in total. The number of pyridine rings is 1. The van der Waals surface area contributed by atoms with E-state index in [2.05, 4.69) is 4.98 Å². The molecule has 2 rings (SSSR count). The first-order chi connectivity index (χ1) is 9.41. The van der Waals surface area contributed by atoms with E-state index in [0.717, 1.165) is 12.3 Å². The van der Waals surface area contributed by atoms with Crippen molar-refractivity contribution < 1.29 is 19.1 Å². The van der Waals surface area contributed by atoms with Gasteiger partial charge in [-0.15, -0.1) is 11.8 Å². The highest BCUT2D eigenvalue weighted by Crippen LogP contribution is 2.35. The topological polar surface area (TPSA) is 70.5 Å². The second-order valence-electron chi connectivity index (χ2n) is 4.90. The molecule has 1 aliphatic rings. The predicted molar refractivity (Wildman–Crippen MR) is 72.9 cm³/mol. The zero-order valence-corrected chi connectivity index (χ0v) is 11.9. The number of aliphatic carboxylic acids is 1. The first-order valence-electron chi connectivity index (χ1n) is 6.20. The molecule has 0 spiro atoms. The number of rotatable bonds is 3. The van der Waals surface area contributed by atoms with Crippen LogP contribution < -0.4 is 0 Å². The number of carboxylic acid groups (broad SMARTS) is 1. The second-order valence-corrected chi connectivity index (χ2v) is 6.05. The molecule has 1 aromatic heterocycles. The Morgan fingerprint density at radius 3 is 2.70 bits per heavy atom. The average molecular weight is 298 g/mol. The number of carbonyl (C=O) groups is 2. The smallest absolute Gasteiger partial charge is 0.327 e. The molecule has 7 heteroatoms. The van der Waals surface area contributed by atoms with Crippen LogP contribution >= 0.6 is 11.8 Å². The molecule has 0 bridgehead atoms. The third-order valence-electron chi connectivity index (χ3n) is 3.07. The van der Waals surface area contributed by atoms with E-state index in [4.69, 9.17) is 0 Å². The normalized spacial score (nSPS) is 22.3. The van der Waals surface area contributed by atoms with Gasteiger partial charge in [-0.05, 0) is 18.1 Å². The fraction of sp³-hybridized carbons (Fsp3) is 0.462. The van der Waals surface area contributed by atoms with Crippen molar-refractivity contribution in [2.24, 2.45) is 5.92 Å². The lowest BCUT2D eigenvalue weighted by molar-refractivity contribution is -0.141. The van der Waals surface area contributed by atoms with Gasteiger partial charge >= 0.3 is 5.97 Å². The zero-order chi connectivity index (χ0) is 14.9. The van der Waals surface area contributed by atoms with Crippen LogP contribution in [0.15, 0.2) is 18.3 Å². The van der Waals surface area contributed by atoms with E-state index in [1.165, 1.54) is 22.7 Å². The van der Waals surface area contributed by atoms with Gasteiger partial charge in [-0.1, -0.05) is 13.8 Å². The van der Waals surface area contributed by atoms with E-state index in [9.17, 15) is 19.1 Å². The maximum absolute atomic E-state index is 12.9. The summed E-state index contributed by atoms with van der Waals surface area (Å²) in [6, 6.07) is 1.55. The minimum absolute atomic E-state index is 0.0609. The molecule has 20 heavy (non-hydrogen) atoms. The minimum atomic E-state index is -1.03. The number of aromatic nitrogens is 1. The van der Waals surface area contributed by atoms with Gasteiger partial charge in [0.05, 0.1) is 11.6 Å². The average Bonchev–Trinajstić information content (AvgIpc) is 2.83. The molecule has 1 saturated heterocycles. The Balaban J connectivity index is 2.31. The summed E-state index contributed by atoms with van der Waals surface area (Å²) in [7, 11) is 0. The van der Waals surface area contributed by atoms with E-state index in [0.29, 0.717) is 5.75 Å². The third kappa shape index (κ3) is 2.77. The van der Waals surface area contributed by atoms with Crippen molar-refractivity contribution in [3.63, 3.8) is 0 Å². The van der Waals surface area contributed by atoms with Gasteiger partial charge < -0.3 is 10.0 Å². The summed E-state index contributed by atoms with van der Waals surface area (Å²) in [5, 5.41) is 9.02. The van der Waals surface area contributed by atoms with Crippen molar-refractivity contribution >= 4 is 23.6 Å². The van der Waals surface area contributed by atoms with Crippen LogP contribution in [0.5, 0.6) is 0 Å². The molecular formula is C13H15FN2O3S. The highest BCUT2D eigenvalue weighted by Gasteiger charge is 2.43. The van der Waals surface area contributed by atoms with Crippen LogP contribution in [0.2, 0.25) is 0 Å². The van der Waals surface area contributed by atoms with E-state index in [1.807, 2.05) is 13.8 Å². The predicted octanol–water partition coefficient (Wildman–Crippen LogP) is 1.85. The van der Waals surface area contributed by atoms with Crippen LogP contribution in [0.4, 0.5) is 4.39 Å². The molecule has 1 aliphatic heterocycles. The highest BCUT2D eigenvalue weighted by molar-refractivity contribution is 8.00. The number of hydrogen-bond donors (Lipinski definition) is 1. The summed E-state index contributed by atoms with van der Waals surface area (Å²) in [5.41, 5.74) is 0.0609. The summed E-state index contributed by atoms with van der Waals surface area (Å²) in [6.45, 7) is 3.86. The molecule has 1 fully saturated rings. The third-order valence-corrected chi connectivity index (χ3v) is 4.69. The fourth-order valence-electron chi connectivity index (χ4n) is 2.12. The lowest BCUT2D eigenvalue weighted by Gasteiger charge is -2.29. The number of halogens is 1. The lowest BCUT2D eigenvalue weighted by atomic mass is 10.1. The van der Waals surface area contributed by atoms with Gasteiger partial charge in [-0.2, -0.15) is 0 Å². The Morgan fingerprint density at radius 2 is 2.20 bits per heavy atom. The summed E-state index contributed by atoms with van der Waals surface area (Å²) in [5.74, 6) is -1.57. The van der Waals surface area contributed by atoms with Crippen molar-refractivity contribution in [3.8, 4) is 0 Å². The van der Waals surface area contributed by atoms with Gasteiger partial charge in [-0.3, -0.25) is 4.79 Å². The van der Waals surface area contributed by atoms with Gasteiger partial charge in [0, 0.05) is 5.75 Å². The number of carboxylic acids is 1. The van der Waals surface area contributed by atoms with E-state index < -0.39 is 23.7 Å². The Bertz CT molecular complexity index is 521. The lowest BCUT2D eigenvalue weighted by Crippen LogP contribution is -2.47. The monoisotopic (exact) mass is 298 g/mol. The highest BCUT2D eigenvalue weighted by atomic mass is 32.2. The van der Waals surface area contributed by atoms with Crippen LogP contribution in [0.25, 0.3) is 0 Å². The Hall–Kier alpha value is -1.63. The van der Waals surface area contributed by atoms with Gasteiger partial charge in [0.15, 0.2) is 0 Å². The maximum Gasteiger partial charge on any atom is 0.327 e. The van der Waals surface area contributed by atoms with Gasteiger partial charge in [0.2, 0.25) is 0 Å². The van der Waals surface area contributed by atoms with E-state index in [-0.39, 0.29) is 17.0 Å². The van der Waals surface area contributed by atoms with Crippen LogP contribution in [-0.2, 0) is 4.79 Å². The minimum Gasteiger partial charge on any atom is -0.480 e. The fourth-order valence-corrected chi connectivity index (χ4v) is 3.59.